The van der Waals surface area contributed by atoms with E-state index >= 15 is 0 Å². The van der Waals surface area contributed by atoms with Crippen LogP contribution < -0.4 is 5.32 Å². The third kappa shape index (κ3) is 4.43. The summed E-state index contributed by atoms with van der Waals surface area (Å²) in [6.07, 6.45) is 5.82. The molecule has 0 atom stereocenters. The SMILES string of the molecule is C[C@H]1CC[C@@H](C/C(=N/O)Nc2ccc(Cl)cc2)CC1. The van der Waals surface area contributed by atoms with Crippen LogP contribution in [-0.4, -0.2) is 11.0 Å². The molecule has 0 aliphatic heterocycles. The molecule has 0 aromatic heterocycles. The molecule has 1 aromatic carbocycles. The van der Waals surface area contributed by atoms with E-state index < -0.39 is 0 Å². The highest BCUT2D eigenvalue weighted by Crippen LogP contribution is 2.30. The molecule has 2 rings (SSSR count). The Morgan fingerprint density at radius 2 is 1.89 bits per heavy atom. The van der Waals surface area contributed by atoms with Crippen molar-refractivity contribution >= 4 is 23.1 Å². The molecule has 3 nitrogen and oxygen atoms in total. The maximum atomic E-state index is 9.12. The smallest absolute Gasteiger partial charge is 0.146 e. The lowest BCUT2D eigenvalue weighted by atomic mass is 9.81. The number of hydrogen-bond donors (Lipinski definition) is 2. The molecule has 0 spiro atoms. The summed E-state index contributed by atoms with van der Waals surface area (Å²) in [6, 6.07) is 7.41. The van der Waals surface area contributed by atoms with Crippen LogP contribution in [0.25, 0.3) is 0 Å². The van der Waals surface area contributed by atoms with Crippen molar-refractivity contribution in [3.05, 3.63) is 29.3 Å². The summed E-state index contributed by atoms with van der Waals surface area (Å²) in [4.78, 5) is 0. The molecule has 104 valence electrons. The zero-order valence-electron chi connectivity index (χ0n) is 11.3. The van der Waals surface area contributed by atoms with Gasteiger partial charge in [0.1, 0.15) is 5.84 Å². The number of halogens is 1. The van der Waals surface area contributed by atoms with E-state index in [1.54, 1.807) is 0 Å². The van der Waals surface area contributed by atoms with Crippen LogP contribution in [0.15, 0.2) is 29.4 Å². The maximum absolute atomic E-state index is 9.12. The zero-order valence-corrected chi connectivity index (χ0v) is 12.0. The van der Waals surface area contributed by atoms with Gasteiger partial charge in [-0.3, -0.25) is 0 Å². The number of benzene rings is 1. The van der Waals surface area contributed by atoms with Gasteiger partial charge in [0, 0.05) is 17.1 Å². The molecule has 2 N–H and O–H groups in total. The number of nitrogens with one attached hydrogen (secondary N) is 1. The number of amidine groups is 1. The van der Waals surface area contributed by atoms with Gasteiger partial charge >= 0.3 is 0 Å². The van der Waals surface area contributed by atoms with Gasteiger partial charge in [-0.2, -0.15) is 0 Å². The average molecular weight is 281 g/mol. The van der Waals surface area contributed by atoms with Crippen molar-refractivity contribution in [2.45, 2.75) is 39.0 Å². The predicted octanol–water partition coefficient (Wildman–Crippen LogP) is 4.76. The third-order valence-electron chi connectivity index (χ3n) is 3.87. The van der Waals surface area contributed by atoms with E-state index in [4.69, 9.17) is 16.8 Å². The van der Waals surface area contributed by atoms with E-state index in [9.17, 15) is 0 Å². The lowest BCUT2D eigenvalue weighted by molar-refractivity contribution is 0.287. The second-order valence-corrected chi connectivity index (χ2v) is 5.95. The van der Waals surface area contributed by atoms with Crippen molar-refractivity contribution in [2.24, 2.45) is 17.0 Å². The summed E-state index contributed by atoms with van der Waals surface area (Å²) < 4.78 is 0. The van der Waals surface area contributed by atoms with Crippen molar-refractivity contribution in [1.82, 2.24) is 0 Å². The van der Waals surface area contributed by atoms with Crippen LogP contribution in [0, 0.1) is 11.8 Å². The minimum Gasteiger partial charge on any atom is -0.409 e. The Bertz CT molecular complexity index is 422. The van der Waals surface area contributed by atoms with Gasteiger partial charge < -0.3 is 10.5 Å². The Morgan fingerprint density at radius 3 is 2.47 bits per heavy atom. The summed E-state index contributed by atoms with van der Waals surface area (Å²) >= 11 is 5.84. The van der Waals surface area contributed by atoms with Gasteiger partial charge in [0.25, 0.3) is 0 Å². The van der Waals surface area contributed by atoms with Crippen molar-refractivity contribution in [1.29, 1.82) is 0 Å². The van der Waals surface area contributed by atoms with Crippen LogP contribution in [-0.2, 0) is 0 Å². The van der Waals surface area contributed by atoms with Crippen LogP contribution in [0.1, 0.15) is 39.0 Å². The topological polar surface area (TPSA) is 44.6 Å². The molecule has 1 aliphatic carbocycles. The lowest BCUT2D eigenvalue weighted by Crippen LogP contribution is -2.20. The molecule has 4 heteroatoms. The molecule has 0 heterocycles. The first-order chi connectivity index (χ1) is 9.17. The molecule has 1 aliphatic rings. The van der Waals surface area contributed by atoms with Crippen LogP contribution in [0.4, 0.5) is 5.69 Å². The Hall–Kier alpha value is -1.22. The number of nitrogens with zero attached hydrogens (tertiary/aromatic N) is 1. The second-order valence-electron chi connectivity index (χ2n) is 5.51. The highest BCUT2D eigenvalue weighted by atomic mass is 35.5. The van der Waals surface area contributed by atoms with Gasteiger partial charge in [-0.25, -0.2) is 0 Å². The van der Waals surface area contributed by atoms with Crippen molar-refractivity contribution in [3.8, 4) is 0 Å². The summed E-state index contributed by atoms with van der Waals surface area (Å²) in [5.74, 6) is 2.11. The quantitative estimate of drug-likeness (QED) is 0.363. The molecular weight excluding hydrogens is 260 g/mol. The molecule has 1 saturated carbocycles. The normalized spacial score (nSPS) is 24.2. The fraction of sp³-hybridized carbons (Fsp3) is 0.533. The second kappa shape index (κ2) is 6.80. The van der Waals surface area contributed by atoms with E-state index in [-0.39, 0.29) is 0 Å². The van der Waals surface area contributed by atoms with Crippen molar-refractivity contribution in [3.63, 3.8) is 0 Å². The Kier molecular flexibility index (Phi) is 5.08. The molecule has 0 amide bonds. The molecular formula is C15H21ClN2O. The number of hydrogen-bond acceptors (Lipinski definition) is 2. The molecule has 0 unspecified atom stereocenters. The largest absolute Gasteiger partial charge is 0.409 e. The summed E-state index contributed by atoms with van der Waals surface area (Å²) in [5.41, 5.74) is 0.904. The van der Waals surface area contributed by atoms with Gasteiger partial charge in [0.05, 0.1) is 0 Å². The van der Waals surface area contributed by atoms with Gasteiger partial charge in [-0.05, 0) is 48.9 Å². The fourth-order valence-corrected chi connectivity index (χ4v) is 2.75. The van der Waals surface area contributed by atoms with Crippen LogP contribution >= 0.6 is 11.6 Å². The Balaban J connectivity index is 1.88. The number of rotatable bonds is 3. The monoisotopic (exact) mass is 280 g/mol. The zero-order chi connectivity index (χ0) is 13.7. The maximum Gasteiger partial charge on any atom is 0.146 e. The Morgan fingerprint density at radius 1 is 1.26 bits per heavy atom. The summed E-state index contributed by atoms with van der Waals surface area (Å²) in [6.45, 7) is 2.31. The minimum absolute atomic E-state index is 0.627. The van der Waals surface area contributed by atoms with E-state index in [0.29, 0.717) is 16.8 Å². The predicted molar refractivity (Wildman–Crippen MR) is 80.0 cm³/mol. The molecule has 0 radical (unpaired) electrons. The molecule has 0 bridgehead atoms. The first-order valence-electron chi connectivity index (χ1n) is 6.91. The lowest BCUT2D eigenvalue weighted by Gasteiger charge is -2.26. The van der Waals surface area contributed by atoms with Crippen LogP contribution in [0.3, 0.4) is 0 Å². The van der Waals surface area contributed by atoms with Gasteiger partial charge in [-0.15, -0.1) is 0 Å². The number of anilines is 1. The number of oxime groups is 1. The first-order valence-corrected chi connectivity index (χ1v) is 7.28. The molecule has 1 fully saturated rings. The summed E-state index contributed by atoms with van der Waals surface area (Å²) in [7, 11) is 0. The average Bonchev–Trinajstić information content (AvgIpc) is 2.43. The molecule has 0 saturated heterocycles. The van der Waals surface area contributed by atoms with E-state index in [2.05, 4.69) is 17.4 Å². The fourth-order valence-electron chi connectivity index (χ4n) is 2.62. The third-order valence-corrected chi connectivity index (χ3v) is 4.12. The minimum atomic E-state index is 0.627. The van der Waals surface area contributed by atoms with Gasteiger partial charge in [0.2, 0.25) is 0 Å². The Labute approximate surface area is 119 Å². The van der Waals surface area contributed by atoms with Crippen LogP contribution in [0.2, 0.25) is 5.02 Å². The van der Waals surface area contributed by atoms with E-state index in [0.717, 1.165) is 18.0 Å². The van der Waals surface area contributed by atoms with Gasteiger partial charge in [-0.1, -0.05) is 36.5 Å². The highest BCUT2D eigenvalue weighted by molar-refractivity contribution is 6.30. The van der Waals surface area contributed by atoms with Gasteiger partial charge in [0.15, 0.2) is 0 Å². The van der Waals surface area contributed by atoms with Crippen LogP contribution in [0.5, 0.6) is 0 Å². The first kappa shape index (κ1) is 14.2. The van der Waals surface area contributed by atoms with Crippen molar-refractivity contribution < 1.29 is 5.21 Å². The highest BCUT2D eigenvalue weighted by Gasteiger charge is 2.20. The molecule has 19 heavy (non-hydrogen) atoms. The standard InChI is InChI=1S/C15H21ClN2O/c1-11-2-4-12(5-3-11)10-15(18-19)17-14-8-6-13(16)7-9-14/h6-9,11-12,19H,2-5,10H2,1H3,(H,17,18)/t11-,12+. The van der Waals surface area contributed by atoms with E-state index in [1.165, 1.54) is 25.7 Å². The van der Waals surface area contributed by atoms with Crippen molar-refractivity contribution in [2.75, 3.05) is 5.32 Å². The van der Waals surface area contributed by atoms with E-state index in [1.807, 2.05) is 24.3 Å². The molecule has 1 aromatic rings. The summed E-state index contributed by atoms with van der Waals surface area (Å²) in [5, 5.41) is 16.4.